The summed E-state index contributed by atoms with van der Waals surface area (Å²) in [5, 5.41) is 3.34. The maximum atomic E-state index is 5.98. The van der Waals surface area contributed by atoms with Crippen LogP contribution in [0.25, 0.3) is 6.08 Å². The third-order valence-electron chi connectivity index (χ3n) is 3.54. The van der Waals surface area contributed by atoms with Crippen LogP contribution in [0.15, 0.2) is 24.3 Å². The highest BCUT2D eigenvalue weighted by atomic mass is 16.5. The summed E-state index contributed by atoms with van der Waals surface area (Å²) < 4.78 is 11.8. The van der Waals surface area contributed by atoms with Gasteiger partial charge in [0.15, 0.2) is 0 Å². The zero-order chi connectivity index (χ0) is 12.4. The molecular weight excluding hydrogens is 226 g/mol. The minimum atomic E-state index is -0.219. The highest BCUT2D eigenvalue weighted by Crippen LogP contribution is 2.29. The summed E-state index contributed by atoms with van der Waals surface area (Å²) in [4.78, 5) is 0. The van der Waals surface area contributed by atoms with Gasteiger partial charge in [-0.1, -0.05) is 24.3 Å². The van der Waals surface area contributed by atoms with Gasteiger partial charge in [0.2, 0.25) is 0 Å². The molecule has 0 bridgehead atoms. The van der Waals surface area contributed by atoms with Gasteiger partial charge in [0.05, 0.1) is 6.61 Å². The van der Waals surface area contributed by atoms with Crippen LogP contribution in [0.4, 0.5) is 0 Å². The van der Waals surface area contributed by atoms with Crippen molar-refractivity contribution in [1.29, 1.82) is 0 Å². The van der Waals surface area contributed by atoms with Gasteiger partial charge in [-0.05, 0) is 25.0 Å². The average molecular weight is 245 g/mol. The lowest BCUT2D eigenvalue weighted by molar-refractivity contribution is -0.0773. The van der Waals surface area contributed by atoms with E-state index in [4.69, 9.17) is 9.47 Å². The zero-order valence-electron chi connectivity index (χ0n) is 10.7. The van der Waals surface area contributed by atoms with Crippen molar-refractivity contribution in [3.05, 3.63) is 35.4 Å². The summed E-state index contributed by atoms with van der Waals surface area (Å²) in [5.74, 6) is 0.969. The molecule has 1 unspecified atom stereocenters. The van der Waals surface area contributed by atoms with Gasteiger partial charge in [0.25, 0.3) is 0 Å². The summed E-state index contributed by atoms with van der Waals surface area (Å²) in [5.41, 5.74) is 2.36. The smallest absolute Gasteiger partial charge is 0.126 e. The highest BCUT2D eigenvalue weighted by Gasteiger charge is 2.29. The number of ether oxygens (including phenoxy) is 2. The van der Waals surface area contributed by atoms with E-state index in [-0.39, 0.29) is 5.60 Å². The molecule has 96 valence electrons. The number of nitrogens with one attached hydrogen (secondary N) is 1. The van der Waals surface area contributed by atoms with E-state index in [9.17, 15) is 0 Å². The van der Waals surface area contributed by atoms with E-state index in [1.165, 1.54) is 11.1 Å². The predicted molar refractivity (Wildman–Crippen MR) is 71.9 cm³/mol. The Labute approximate surface area is 108 Å². The summed E-state index contributed by atoms with van der Waals surface area (Å²) in [6.45, 7) is 5.21. The van der Waals surface area contributed by atoms with Crippen LogP contribution in [0.1, 0.15) is 18.1 Å². The second kappa shape index (κ2) is 4.75. The Morgan fingerprint density at radius 3 is 3.22 bits per heavy atom. The van der Waals surface area contributed by atoms with Crippen molar-refractivity contribution in [2.45, 2.75) is 18.9 Å². The zero-order valence-corrected chi connectivity index (χ0v) is 10.7. The molecule has 1 aromatic carbocycles. The minimum Gasteiger partial charge on any atom is -0.490 e. The predicted octanol–water partition coefficient (Wildman–Crippen LogP) is 2.01. The number of hydrogen-bond acceptors (Lipinski definition) is 3. The molecule has 1 N–H and O–H groups in total. The molecule has 1 aliphatic carbocycles. The van der Waals surface area contributed by atoms with E-state index >= 15 is 0 Å². The van der Waals surface area contributed by atoms with E-state index in [0.29, 0.717) is 6.61 Å². The molecule has 2 aliphatic rings. The molecule has 18 heavy (non-hydrogen) atoms. The maximum Gasteiger partial charge on any atom is 0.126 e. The molecule has 1 saturated heterocycles. The molecule has 1 fully saturated rings. The van der Waals surface area contributed by atoms with Crippen LogP contribution >= 0.6 is 0 Å². The quantitative estimate of drug-likeness (QED) is 0.883. The van der Waals surface area contributed by atoms with E-state index < -0.39 is 0 Å². The van der Waals surface area contributed by atoms with Crippen LogP contribution < -0.4 is 10.1 Å². The second-order valence-electron chi connectivity index (χ2n) is 5.20. The SMILES string of the molecule is CC1(COc2cccc3c2C=CC3)CNCCO1. The first kappa shape index (κ1) is 11.8. The Morgan fingerprint density at radius 1 is 1.44 bits per heavy atom. The maximum absolute atomic E-state index is 5.98. The van der Waals surface area contributed by atoms with E-state index in [1.54, 1.807) is 0 Å². The third kappa shape index (κ3) is 2.28. The van der Waals surface area contributed by atoms with Crippen LogP contribution in [0, 0.1) is 0 Å². The Hall–Kier alpha value is -1.32. The monoisotopic (exact) mass is 245 g/mol. The molecule has 1 atom stereocenters. The molecular formula is C15H19NO2. The van der Waals surface area contributed by atoms with Gasteiger partial charge in [-0.25, -0.2) is 0 Å². The molecule has 1 aromatic rings. The van der Waals surface area contributed by atoms with Crippen LogP contribution in [0.5, 0.6) is 5.75 Å². The van der Waals surface area contributed by atoms with Crippen molar-refractivity contribution >= 4 is 6.08 Å². The lowest BCUT2D eigenvalue weighted by Crippen LogP contribution is -2.51. The molecule has 0 radical (unpaired) electrons. The number of hydrogen-bond donors (Lipinski definition) is 1. The lowest BCUT2D eigenvalue weighted by Gasteiger charge is -2.34. The Balaban J connectivity index is 1.70. The van der Waals surface area contributed by atoms with Gasteiger partial charge >= 0.3 is 0 Å². The normalized spacial score (nSPS) is 26.1. The number of rotatable bonds is 3. The third-order valence-corrected chi connectivity index (χ3v) is 3.54. The van der Waals surface area contributed by atoms with Crippen molar-refractivity contribution in [2.24, 2.45) is 0 Å². The van der Waals surface area contributed by atoms with Crippen molar-refractivity contribution in [3.8, 4) is 5.75 Å². The molecule has 3 rings (SSSR count). The van der Waals surface area contributed by atoms with Gasteiger partial charge in [-0.15, -0.1) is 0 Å². The molecule has 1 heterocycles. The number of benzene rings is 1. The molecule has 3 nitrogen and oxygen atoms in total. The summed E-state index contributed by atoms with van der Waals surface area (Å²) in [6.07, 6.45) is 5.34. The fourth-order valence-electron chi connectivity index (χ4n) is 2.48. The van der Waals surface area contributed by atoms with Crippen molar-refractivity contribution in [2.75, 3.05) is 26.3 Å². The first-order chi connectivity index (χ1) is 8.77. The largest absolute Gasteiger partial charge is 0.490 e. The molecule has 0 saturated carbocycles. The molecule has 1 aliphatic heterocycles. The van der Waals surface area contributed by atoms with Crippen molar-refractivity contribution in [1.82, 2.24) is 5.32 Å². The summed E-state index contributed by atoms with van der Waals surface area (Å²) in [6, 6.07) is 6.25. The van der Waals surface area contributed by atoms with Gasteiger partial charge in [-0.2, -0.15) is 0 Å². The fourth-order valence-corrected chi connectivity index (χ4v) is 2.48. The molecule has 0 aromatic heterocycles. The number of morpholine rings is 1. The first-order valence-corrected chi connectivity index (χ1v) is 6.53. The molecule has 0 amide bonds. The van der Waals surface area contributed by atoms with Gasteiger partial charge in [-0.3, -0.25) is 0 Å². The van der Waals surface area contributed by atoms with Crippen LogP contribution in [-0.4, -0.2) is 31.9 Å². The Morgan fingerprint density at radius 2 is 2.39 bits per heavy atom. The Kier molecular flexibility index (Phi) is 3.10. The van der Waals surface area contributed by atoms with E-state index in [2.05, 4.69) is 36.5 Å². The molecule has 0 spiro atoms. The van der Waals surface area contributed by atoms with Gasteiger partial charge in [0, 0.05) is 18.7 Å². The highest BCUT2D eigenvalue weighted by molar-refractivity contribution is 5.66. The van der Waals surface area contributed by atoms with Crippen LogP contribution in [0.2, 0.25) is 0 Å². The van der Waals surface area contributed by atoms with Crippen LogP contribution in [-0.2, 0) is 11.2 Å². The lowest BCUT2D eigenvalue weighted by atomic mass is 10.1. The van der Waals surface area contributed by atoms with Crippen molar-refractivity contribution in [3.63, 3.8) is 0 Å². The second-order valence-corrected chi connectivity index (χ2v) is 5.20. The fraction of sp³-hybridized carbons (Fsp3) is 0.467. The first-order valence-electron chi connectivity index (χ1n) is 6.53. The van der Waals surface area contributed by atoms with Gasteiger partial charge in [0.1, 0.15) is 18.0 Å². The van der Waals surface area contributed by atoms with Crippen molar-refractivity contribution < 1.29 is 9.47 Å². The van der Waals surface area contributed by atoms with E-state index in [1.807, 2.05) is 6.07 Å². The van der Waals surface area contributed by atoms with E-state index in [0.717, 1.165) is 31.9 Å². The molecule has 3 heteroatoms. The Bertz CT molecular complexity index is 462. The minimum absolute atomic E-state index is 0.219. The number of fused-ring (bicyclic) bond motifs is 1. The summed E-state index contributed by atoms with van der Waals surface area (Å²) >= 11 is 0. The topological polar surface area (TPSA) is 30.5 Å². The summed E-state index contributed by atoms with van der Waals surface area (Å²) in [7, 11) is 0. The van der Waals surface area contributed by atoms with Gasteiger partial charge < -0.3 is 14.8 Å². The number of allylic oxidation sites excluding steroid dienone is 1. The standard InChI is InChI=1S/C15H19NO2/c1-15(10-16-8-9-18-15)11-17-14-7-3-5-12-4-2-6-13(12)14/h2-3,5-7,16H,4,8-11H2,1H3. The average Bonchev–Trinajstić information content (AvgIpc) is 2.86. The van der Waals surface area contributed by atoms with Crippen LogP contribution in [0.3, 0.4) is 0 Å².